The minimum atomic E-state index is 0.445. The summed E-state index contributed by atoms with van der Waals surface area (Å²) in [5, 5.41) is 0. The lowest BCUT2D eigenvalue weighted by Gasteiger charge is -1.89. The number of carbonyl (C=O) groups is 1. The van der Waals surface area contributed by atoms with Crippen LogP contribution in [0.4, 0.5) is 0 Å². The standard InChI is InChI=1S/C8H10N2O/c11-5-8-9-4-7(10-8)3-6-1-2-6/h4-6H,1-3H2,(H,9,10). The molecule has 0 unspecified atom stereocenters. The summed E-state index contributed by atoms with van der Waals surface area (Å²) >= 11 is 0. The third-order valence-corrected chi connectivity index (χ3v) is 1.97. The van der Waals surface area contributed by atoms with Crippen LogP contribution in [0.25, 0.3) is 0 Å². The molecule has 0 saturated heterocycles. The van der Waals surface area contributed by atoms with Crippen LogP contribution in [0.3, 0.4) is 0 Å². The highest BCUT2D eigenvalue weighted by Gasteiger charge is 2.22. The van der Waals surface area contributed by atoms with E-state index in [-0.39, 0.29) is 0 Å². The SMILES string of the molecule is O=Cc1ncc(CC2CC2)[nH]1. The van der Waals surface area contributed by atoms with Crippen molar-refractivity contribution in [1.82, 2.24) is 9.97 Å². The Morgan fingerprint density at radius 2 is 2.55 bits per heavy atom. The number of imidazole rings is 1. The molecule has 0 atom stereocenters. The Bertz CT molecular complexity index is 263. The van der Waals surface area contributed by atoms with Crippen molar-refractivity contribution in [3.05, 3.63) is 17.7 Å². The fraction of sp³-hybridized carbons (Fsp3) is 0.500. The van der Waals surface area contributed by atoms with E-state index in [1.165, 1.54) is 12.8 Å². The molecular formula is C8H10N2O. The molecule has 0 bridgehead atoms. The number of aldehydes is 1. The molecule has 1 aliphatic carbocycles. The van der Waals surface area contributed by atoms with E-state index in [1.54, 1.807) is 6.20 Å². The molecule has 1 heterocycles. The summed E-state index contributed by atoms with van der Waals surface area (Å²) < 4.78 is 0. The first kappa shape index (κ1) is 6.58. The third-order valence-electron chi connectivity index (χ3n) is 1.97. The van der Waals surface area contributed by atoms with E-state index in [9.17, 15) is 4.79 Å². The van der Waals surface area contributed by atoms with Crippen molar-refractivity contribution >= 4 is 6.29 Å². The van der Waals surface area contributed by atoms with Gasteiger partial charge in [-0.1, -0.05) is 0 Å². The van der Waals surface area contributed by atoms with Crippen LogP contribution in [0.15, 0.2) is 6.20 Å². The number of nitrogens with zero attached hydrogens (tertiary/aromatic N) is 1. The van der Waals surface area contributed by atoms with Gasteiger partial charge in [0.25, 0.3) is 0 Å². The summed E-state index contributed by atoms with van der Waals surface area (Å²) in [4.78, 5) is 17.1. The normalized spacial score (nSPS) is 16.7. The van der Waals surface area contributed by atoms with Gasteiger partial charge in [-0.15, -0.1) is 0 Å². The molecule has 1 N–H and O–H groups in total. The average molecular weight is 150 g/mol. The number of carbonyl (C=O) groups excluding carboxylic acids is 1. The molecule has 2 rings (SSSR count). The van der Waals surface area contributed by atoms with Crippen LogP contribution in [0.1, 0.15) is 29.2 Å². The van der Waals surface area contributed by atoms with Crippen LogP contribution in [0.5, 0.6) is 0 Å². The first-order valence-corrected chi connectivity index (χ1v) is 3.87. The van der Waals surface area contributed by atoms with Crippen LogP contribution in [0, 0.1) is 5.92 Å². The van der Waals surface area contributed by atoms with Gasteiger partial charge in [-0.05, 0) is 25.2 Å². The molecule has 0 aromatic carbocycles. The molecule has 1 aromatic rings. The van der Waals surface area contributed by atoms with Gasteiger partial charge in [0.1, 0.15) is 0 Å². The molecule has 1 aromatic heterocycles. The minimum Gasteiger partial charge on any atom is -0.340 e. The molecule has 11 heavy (non-hydrogen) atoms. The highest BCUT2D eigenvalue weighted by atomic mass is 16.1. The fourth-order valence-electron chi connectivity index (χ4n) is 1.17. The molecule has 0 amide bonds. The molecule has 3 nitrogen and oxygen atoms in total. The van der Waals surface area contributed by atoms with E-state index < -0.39 is 0 Å². The van der Waals surface area contributed by atoms with Crippen LogP contribution in [0.2, 0.25) is 0 Å². The van der Waals surface area contributed by atoms with Gasteiger partial charge >= 0.3 is 0 Å². The maximum absolute atomic E-state index is 10.2. The number of nitrogens with one attached hydrogen (secondary N) is 1. The van der Waals surface area contributed by atoms with E-state index in [0.717, 1.165) is 24.3 Å². The zero-order chi connectivity index (χ0) is 7.68. The summed E-state index contributed by atoms with van der Waals surface area (Å²) in [6, 6.07) is 0. The Morgan fingerprint density at radius 1 is 1.73 bits per heavy atom. The molecule has 0 spiro atoms. The van der Waals surface area contributed by atoms with E-state index in [1.807, 2.05) is 0 Å². The summed E-state index contributed by atoms with van der Waals surface area (Å²) in [7, 11) is 0. The zero-order valence-corrected chi connectivity index (χ0v) is 6.21. The van der Waals surface area contributed by atoms with Gasteiger partial charge in [0.2, 0.25) is 0 Å². The van der Waals surface area contributed by atoms with E-state index in [4.69, 9.17) is 0 Å². The predicted molar refractivity (Wildman–Crippen MR) is 40.4 cm³/mol. The molecule has 0 radical (unpaired) electrons. The second-order valence-corrected chi connectivity index (χ2v) is 3.06. The maximum atomic E-state index is 10.2. The first-order valence-electron chi connectivity index (χ1n) is 3.87. The number of aromatic amines is 1. The van der Waals surface area contributed by atoms with Crippen LogP contribution >= 0.6 is 0 Å². The van der Waals surface area contributed by atoms with Gasteiger partial charge in [-0.2, -0.15) is 0 Å². The highest BCUT2D eigenvalue weighted by molar-refractivity contribution is 5.68. The summed E-state index contributed by atoms with van der Waals surface area (Å²) in [6.45, 7) is 0. The number of hydrogen-bond acceptors (Lipinski definition) is 2. The fourth-order valence-corrected chi connectivity index (χ4v) is 1.17. The van der Waals surface area contributed by atoms with Crippen LogP contribution in [-0.2, 0) is 6.42 Å². The quantitative estimate of drug-likeness (QED) is 0.657. The van der Waals surface area contributed by atoms with Crippen molar-refractivity contribution in [3.8, 4) is 0 Å². The van der Waals surface area contributed by atoms with E-state index in [0.29, 0.717) is 5.82 Å². The van der Waals surface area contributed by atoms with Gasteiger partial charge in [0, 0.05) is 11.9 Å². The number of hydrogen-bond donors (Lipinski definition) is 1. The molecule has 1 aliphatic rings. The Balaban J connectivity index is 2.05. The van der Waals surface area contributed by atoms with Gasteiger partial charge in [-0.25, -0.2) is 4.98 Å². The van der Waals surface area contributed by atoms with Crippen molar-refractivity contribution in [2.75, 3.05) is 0 Å². The Kier molecular flexibility index (Phi) is 1.49. The summed E-state index contributed by atoms with van der Waals surface area (Å²) in [5.74, 6) is 1.29. The van der Waals surface area contributed by atoms with E-state index in [2.05, 4.69) is 9.97 Å². The predicted octanol–water partition coefficient (Wildman–Crippen LogP) is 1.17. The Morgan fingerprint density at radius 3 is 3.09 bits per heavy atom. The lowest BCUT2D eigenvalue weighted by Crippen LogP contribution is -1.87. The van der Waals surface area contributed by atoms with Crippen molar-refractivity contribution < 1.29 is 4.79 Å². The number of H-pyrrole nitrogens is 1. The monoisotopic (exact) mass is 150 g/mol. The second kappa shape index (κ2) is 2.49. The lowest BCUT2D eigenvalue weighted by molar-refractivity contribution is 0.111. The summed E-state index contributed by atoms with van der Waals surface area (Å²) in [5.41, 5.74) is 1.09. The smallest absolute Gasteiger partial charge is 0.185 e. The highest BCUT2D eigenvalue weighted by Crippen LogP contribution is 2.31. The minimum absolute atomic E-state index is 0.445. The van der Waals surface area contributed by atoms with Crippen LogP contribution < -0.4 is 0 Å². The Labute approximate surface area is 64.8 Å². The van der Waals surface area contributed by atoms with Gasteiger partial charge in [0.05, 0.1) is 0 Å². The number of aromatic nitrogens is 2. The average Bonchev–Trinajstić information content (AvgIpc) is 2.68. The van der Waals surface area contributed by atoms with Gasteiger partial charge < -0.3 is 4.98 Å². The second-order valence-electron chi connectivity index (χ2n) is 3.06. The van der Waals surface area contributed by atoms with Crippen molar-refractivity contribution in [2.24, 2.45) is 5.92 Å². The topological polar surface area (TPSA) is 45.8 Å². The largest absolute Gasteiger partial charge is 0.340 e. The van der Waals surface area contributed by atoms with E-state index >= 15 is 0 Å². The molecule has 0 aliphatic heterocycles. The summed E-state index contributed by atoms with van der Waals surface area (Å²) in [6.07, 6.45) is 6.21. The van der Waals surface area contributed by atoms with Crippen molar-refractivity contribution in [1.29, 1.82) is 0 Å². The first-order chi connectivity index (χ1) is 5.38. The molecule has 1 saturated carbocycles. The molecule has 58 valence electrons. The molecule has 3 heteroatoms. The van der Waals surface area contributed by atoms with Crippen molar-refractivity contribution in [3.63, 3.8) is 0 Å². The lowest BCUT2D eigenvalue weighted by atomic mass is 10.2. The van der Waals surface area contributed by atoms with Gasteiger partial charge in [0.15, 0.2) is 12.1 Å². The molecular weight excluding hydrogens is 140 g/mol. The van der Waals surface area contributed by atoms with Gasteiger partial charge in [-0.3, -0.25) is 4.79 Å². The van der Waals surface area contributed by atoms with Crippen molar-refractivity contribution in [2.45, 2.75) is 19.3 Å². The third kappa shape index (κ3) is 1.48. The number of rotatable bonds is 3. The maximum Gasteiger partial charge on any atom is 0.185 e. The zero-order valence-electron chi connectivity index (χ0n) is 6.21. The molecule has 1 fully saturated rings. The Hall–Kier alpha value is -1.12. The van der Waals surface area contributed by atoms with Crippen LogP contribution in [-0.4, -0.2) is 16.3 Å².